The van der Waals surface area contributed by atoms with Crippen LogP contribution in [0.2, 0.25) is 0 Å². The average molecular weight is 309 g/mol. The van der Waals surface area contributed by atoms with Crippen LogP contribution in [0.4, 0.5) is 0 Å². The summed E-state index contributed by atoms with van der Waals surface area (Å²) in [6.45, 7) is 10.1. The van der Waals surface area contributed by atoms with E-state index < -0.39 is 0 Å². The summed E-state index contributed by atoms with van der Waals surface area (Å²) in [7, 11) is 2.25. The molecule has 0 saturated carbocycles. The highest BCUT2D eigenvalue weighted by molar-refractivity contribution is 7.98. The summed E-state index contributed by atoms with van der Waals surface area (Å²) in [5.74, 6) is 1.18. The Morgan fingerprint density at radius 1 is 1.29 bits per heavy atom. The van der Waals surface area contributed by atoms with Crippen LogP contribution >= 0.6 is 11.8 Å². The van der Waals surface area contributed by atoms with Crippen LogP contribution in [0.5, 0.6) is 0 Å². The SMILES string of the molecule is CCCNCC(C)(CN(C)C(C)CSC)c1ccccc1. The third kappa shape index (κ3) is 6.01. The van der Waals surface area contributed by atoms with E-state index in [0.29, 0.717) is 6.04 Å². The van der Waals surface area contributed by atoms with E-state index in [4.69, 9.17) is 0 Å². The Morgan fingerprint density at radius 2 is 1.95 bits per heavy atom. The largest absolute Gasteiger partial charge is 0.316 e. The molecule has 0 amide bonds. The third-order valence-corrected chi connectivity index (χ3v) is 4.99. The zero-order valence-electron chi connectivity index (χ0n) is 14.4. The predicted molar refractivity (Wildman–Crippen MR) is 97.4 cm³/mol. The standard InChI is InChI=1S/C18H32N2S/c1-6-12-19-14-18(3,17-10-8-7-9-11-17)15-20(4)16(2)13-21-5/h7-11,16,19H,6,12-15H2,1-5H3. The van der Waals surface area contributed by atoms with Gasteiger partial charge in [0.25, 0.3) is 0 Å². The second kappa shape index (κ2) is 9.50. The molecule has 21 heavy (non-hydrogen) atoms. The van der Waals surface area contributed by atoms with Gasteiger partial charge in [-0.05, 0) is 38.8 Å². The van der Waals surface area contributed by atoms with Crippen LogP contribution in [0.15, 0.2) is 30.3 Å². The number of benzene rings is 1. The van der Waals surface area contributed by atoms with Gasteiger partial charge in [0.1, 0.15) is 0 Å². The van der Waals surface area contributed by atoms with Gasteiger partial charge in [0, 0.05) is 30.3 Å². The highest BCUT2D eigenvalue weighted by atomic mass is 32.2. The summed E-state index contributed by atoms with van der Waals surface area (Å²) in [5, 5.41) is 3.62. The zero-order valence-corrected chi connectivity index (χ0v) is 15.2. The zero-order chi connectivity index (χ0) is 15.7. The molecule has 1 N–H and O–H groups in total. The van der Waals surface area contributed by atoms with Crippen molar-refractivity contribution in [3.8, 4) is 0 Å². The fourth-order valence-corrected chi connectivity index (χ4v) is 3.44. The van der Waals surface area contributed by atoms with Gasteiger partial charge in [-0.1, -0.05) is 44.2 Å². The number of nitrogens with zero attached hydrogens (tertiary/aromatic N) is 1. The van der Waals surface area contributed by atoms with Crippen molar-refractivity contribution in [2.75, 3.05) is 38.7 Å². The van der Waals surface area contributed by atoms with Gasteiger partial charge in [0.2, 0.25) is 0 Å². The van der Waals surface area contributed by atoms with Gasteiger partial charge in [-0.15, -0.1) is 0 Å². The molecular formula is C18H32N2S. The molecule has 1 aromatic rings. The first-order valence-electron chi connectivity index (χ1n) is 7.99. The molecule has 2 atom stereocenters. The molecule has 1 aromatic carbocycles. The summed E-state index contributed by atoms with van der Waals surface area (Å²) in [4.78, 5) is 2.50. The maximum Gasteiger partial charge on any atom is 0.0177 e. The second-order valence-electron chi connectivity index (χ2n) is 6.32. The number of rotatable bonds is 10. The Kier molecular flexibility index (Phi) is 8.38. The first-order valence-corrected chi connectivity index (χ1v) is 9.38. The van der Waals surface area contributed by atoms with Crippen LogP contribution < -0.4 is 5.32 Å². The molecular weight excluding hydrogens is 276 g/mol. The molecule has 120 valence electrons. The lowest BCUT2D eigenvalue weighted by Gasteiger charge is -2.37. The molecule has 0 aliphatic heterocycles. The summed E-state index contributed by atoms with van der Waals surface area (Å²) in [6.07, 6.45) is 3.37. The van der Waals surface area contributed by atoms with Crippen molar-refractivity contribution in [3.05, 3.63) is 35.9 Å². The van der Waals surface area contributed by atoms with Crippen molar-refractivity contribution < 1.29 is 0 Å². The predicted octanol–water partition coefficient (Wildman–Crippen LogP) is 3.63. The molecule has 0 radical (unpaired) electrons. The van der Waals surface area contributed by atoms with Crippen molar-refractivity contribution in [1.82, 2.24) is 10.2 Å². The summed E-state index contributed by atoms with van der Waals surface area (Å²) in [6, 6.07) is 11.5. The van der Waals surface area contributed by atoms with Crippen LogP contribution in [0.1, 0.15) is 32.8 Å². The first kappa shape index (κ1) is 18.5. The van der Waals surface area contributed by atoms with E-state index in [0.717, 1.165) is 19.6 Å². The maximum absolute atomic E-state index is 3.62. The van der Waals surface area contributed by atoms with E-state index >= 15 is 0 Å². The van der Waals surface area contributed by atoms with Crippen LogP contribution in [0.3, 0.4) is 0 Å². The Hall–Kier alpha value is -0.510. The molecule has 0 aliphatic rings. The normalized spacial score (nSPS) is 15.9. The maximum atomic E-state index is 3.62. The Morgan fingerprint density at radius 3 is 2.52 bits per heavy atom. The van der Waals surface area contributed by atoms with E-state index in [1.165, 1.54) is 17.7 Å². The molecule has 1 rings (SSSR count). The Bertz CT molecular complexity index is 382. The van der Waals surface area contributed by atoms with Gasteiger partial charge < -0.3 is 10.2 Å². The van der Waals surface area contributed by atoms with Crippen molar-refractivity contribution in [2.24, 2.45) is 0 Å². The number of likely N-dealkylation sites (N-methyl/N-ethyl adjacent to an activating group) is 1. The molecule has 0 spiro atoms. The minimum atomic E-state index is 0.151. The summed E-state index contributed by atoms with van der Waals surface area (Å²) < 4.78 is 0. The average Bonchev–Trinajstić information content (AvgIpc) is 2.48. The summed E-state index contributed by atoms with van der Waals surface area (Å²) in [5.41, 5.74) is 1.58. The van der Waals surface area contributed by atoms with Crippen molar-refractivity contribution in [2.45, 2.75) is 38.6 Å². The Balaban J connectivity index is 2.81. The van der Waals surface area contributed by atoms with E-state index in [2.05, 4.69) is 74.6 Å². The van der Waals surface area contributed by atoms with Crippen LogP contribution in [-0.2, 0) is 5.41 Å². The smallest absolute Gasteiger partial charge is 0.0177 e. The van der Waals surface area contributed by atoms with Gasteiger partial charge in [-0.25, -0.2) is 0 Å². The minimum Gasteiger partial charge on any atom is -0.316 e. The van der Waals surface area contributed by atoms with Gasteiger partial charge in [-0.2, -0.15) is 11.8 Å². The fourth-order valence-electron chi connectivity index (χ4n) is 2.71. The molecule has 0 bridgehead atoms. The van der Waals surface area contributed by atoms with E-state index in [9.17, 15) is 0 Å². The lowest BCUT2D eigenvalue weighted by molar-refractivity contribution is 0.213. The van der Waals surface area contributed by atoms with Crippen molar-refractivity contribution >= 4 is 11.8 Å². The number of nitrogens with one attached hydrogen (secondary N) is 1. The van der Waals surface area contributed by atoms with Gasteiger partial charge in [-0.3, -0.25) is 0 Å². The number of hydrogen-bond acceptors (Lipinski definition) is 3. The molecule has 0 saturated heterocycles. The summed E-state index contributed by atoms with van der Waals surface area (Å²) >= 11 is 1.92. The molecule has 0 aromatic heterocycles. The van der Waals surface area contributed by atoms with Crippen molar-refractivity contribution in [1.29, 1.82) is 0 Å². The molecule has 3 heteroatoms. The van der Waals surface area contributed by atoms with E-state index in [1.54, 1.807) is 0 Å². The molecule has 0 fully saturated rings. The molecule has 0 aliphatic carbocycles. The quantitative estimate of drug-likeness (QED) is 0.665. The van der Waals surface area contributed by atoms with Crippen LogP contribution in [0, 0.1) is 0 Å². The first-order chi connectivity index (χ1) is 10.0. The minimum absolute atomic E-state index is 0.151. The lowest BCUT2D eigenvalue weighted by Crippen LogP contribution is -2.47. The topological polar surface area (TPSA) is 15.3 Å². The van der Waals surface area contributed by atoms with Gasteiger partial charge >= 0.3 is 0 Å². The monoisotopic (exact) mass is 308 g/mol. The van der Waals surface area contributed by atoms with E-state index in [-0.39, 0.29) is 5.41 Å². The lowest BCUT2D eigenvalue weighted by atomic mass is 9.81. The molecule has 0 heterocycles. The number of thioether (sulfide) groups is 1. The van der Waals surface area contributed by atoms with Gasteiger partial charge in [0.05, 0.1) is 0 Å². The van der Waals surface area contributed by atoms with Crippen LogP contribution in [0.25, 0.3) is 0 Å². The van der Waals surface area contributed by atoms with E-state index in [1.807, 2.05) is 11.8 Å². The second-order valence-corrected chi connectivity index (χ2v) is 7.23. The highest BCUT2D eigenvalue weighted by Gasteiger charge is 2.29. The Labute approximate surface area is 135 Å². The third-order valence-electron chi connectivity index (χ3n) is 4.17. The molecule has 2 nitrogen and oxygen atoms in total. The molecule has 2 unspecified atom stereocenters. The fraction of sp³-hybridized carbons (Fsp3) is 0.667. The number of hydrogen-bond donors (Lipinski definition) is 1. The van der Waals surface area contributed by atoms with Crippen molar-refractivity contribution in [3.63, 3.8) is 0 Å². The highest BCUT2D eigenvalue weighted by Crippen LogP contribution is 2.25. The van der Waals surface area contributed by atoms with Gasteiger partial charge in [0.15, 0.2) is 0 Å². The van der Waals surface area contributed by atoms with Crippen LogP contribution in [-0.4, -0.2) is 49.6 Å².